The summed E-state index contributed by atoms with van der Waals surface area (Å²) in [6, 6.07) is 0. The van der Waals surface area contributed by atoms with Crippen molar-refractivity contribution >= 4 is 15.1 Å². The average molecular weight is 151 g/mol. The fourth-order valence-electron chi connectivity index (χ4n) is 0.332. The van der Waals surface area contributed by atoms with Crippen LogP contribution in [-0.4, -0.2) is 38.9 Å². The SMILES string of the molecule is CN(C)C(=O)S(C)(=O)=O. The number of rotatable bonds is 0. The topological polar surface area (TPSA) is 54.5 Å². The van der Waals surface area contributed by atoms with E-state index in [0.29, 0.717) is 0 Å². The molecule has 0 heterocycles. The van der Waals surface area contributed by atoms with Crippen LogP contribution in [0.5, 0.6) is 0 Å². The molecule has 9 heavy (non-hydrogen) atoms. The molecule has 0 rings (SSSR count). The van der Waals surface area contributed by atoms with Gasteiger partial charge in [0.25, 0.3) is 0 Å². The van der Waals surface area contributed by atoms with Crippen LogP contribution in [0.25, 0.3) is 0 Å². The van der Waals surface area contributed by atoms with Crippen LogP contribution < -0.4 is 0 Å². The van der Waals surface area contributed by atoms with E-state index in [1.807, 2.05) is 0 Å². The predicted octanol–water partition coefficient (Wildman–Crippen LogP) is -0.287. The molecule has 5 heteroatoms. The van der Waals surface area contributed by atoms with E-state index < -0.39 is 15.1 Å². The van der Waals surface area contributed by atoms with Crippen LogP contribution in [0.1, 0.15) is 0 Å². The highest BCUT2D eigenvalue weighted by Gasteiger charge is 2.16. The summed E-state index contributed by atoms with van der Waals surface area (Å²) in [5.74, 6) is 0. The number of amides is 1. The van der Waals surface area contributed by atoms with Gasteiger partial charge in [0.15, 0.2) is 0 Å². The third-order valence-corrected chi connectivity index (χ3v) is 1.68. The van der Waals surface area contributed by atoms with E-state index in [1.165, 1.54) is 14.1 Å². The molecule has 0 fully saturated rings. The van der Waals surface area contributed by atoms with E-state index in [9.17, 15) is 13.2 Å². The number of sulfone groups is 1. The van der Waals surface area contributed by atoms with Gasteiger partial charge in [-0.05, 0) is 0 Å². The zero-order chi connectivity index (χ0) is 7.65. The smallest absolute Gasteiger partial charge is 0.336 e. The van der Waals surface area contributed by atoms with Crippen LogP contribution in [-0.2, 0) is 9.84 Å². The molecule has 0 radical (unpaired) electrons. The minimum absolute atomic E-state index is 0.859. The molecule has 54 valence electrons. The van der Waals surface area contributed by atoms with Crippen LogP contribution in [0, 0.1) is 0 Å². The normalized spacial score (nSPS) is 11.0. The molecule has 0 spiro atoms. The van der Waals surface area contributed by atoms with E-state index in [4.69, 9.17) is 0 Å². The van der Waals surface area contributed by atoms with Gasteiger partial charge in [0, 0.05) is 20.4 Å². The molecule has 0 aromatic heterocycles. The maximum atomic E-state index is 10.5. The summed E-state index contributed by atoms with van der Waals surface area (Å²) in [6.07, 6.45) is 0.884. The van der Waals surface area contributed by atoms with E-state index in [0.717, 1.165) is 11.2 Å². The monoisotopic (exact) mass is 151 g/mol. The van der Waals surface area contributed by atoms with E-state index >= 15 is 0 Å². The Balaban J connectivity index is 4.45. The van der Waals surface area contributed by atoms with Crippen molar-refractivity contribution in [3.8, 4) is 0 Å². The minimum atomic E-state index is -3.52. The fraction of sp³-hybridized carbons (Fsp3) is 0.750. The van der Waals surface area contributed by atoms with Crippen molar-refractivity contribution in [2.75, 3.05) is 20.4 Å². The van der Waals surface area contributed by atoms with Crippen LogP contribution >= 0.6 is 0 Å². The average Bonchev–Trinajstić information content (AvgIpc) is 1.62. The van der Waals surface area contributed by atoms with Crippen LogP contribution in [0.4, 0.5) is 4.79 Å². The summed E-state index contributed by atoms with van der Waals surface area (Å²) in [5.41, 5.74) is 0. The molecular formula is C4H9NO3S. The number of carbonyl (C=O) groups is 1. The van der Waals surface area contributed by atoms with E-state index in [-0.39, 0.29) is 0 Å². The summed E-state index contributed by atoms with van der Waals surface area (Å²) in [6.45, 7) is 0. The molecular weight excluding hydrogens is 142 g/mol. The highest BCUT2D eigenvalue weighted by atomic mass is 32.2. The molecule has 0 bridgehead atoms. The van der Waals surface area contributed by atoms with Crippen molar-refractivity contribution < 1.29 is 13.2 Å². The third kappa shape index (κ3) is 2.46. The Morgan fingerprint density at radius 3 is 1.67 bits per heavy atom. The first kappa shape index (κ1) is 8.42. The first-order chi connectivity index (χ1) is 3.85. The zero-order valence-corrected chi connectivity index (χ0v) is 6.40. The van der Waals surface area contributed by atoms with Crippen molar-refractivity contribution in [1.82, 2.24) is 4.90 Å². The van der Waals surface area contributed by atoms with Gasteiger partial charge in [-0.15, -0.1) is 0 Å². The lowest BCUT2D eigenvalue weighted by Gasteiger charge is -2.06. The van der Waals surface area contributed by atoms with Gasteiger partial charge >= 0.3 is 5.24 Å². The largest absolute Gasteiger partial charge is 0.338 e. The molecule has 0 unspecified atom stereocenters. The second-order valence-corrected chi connectivity index (χ2v) is 3.83. The number of nitrogens with zero attached hydrogens (tertiary/aromatic N) is 1. The van der Waals surface area contributed by atoms with Gasteiger partial charge in [-0.25, -0.2) is 8.42 Å². The Bertz CT molecular complexity index is 204. The lowest BCUT2D eigenvalue weighted by atomic mass is 11.0. The molecule has 1 amide bonds. The van der Waals surface area contributed by atoms with E-state index in [1.54, 1.807) is 0 Å². The Hall–Kier alpha value is -0.580. The van der Waals surface area contributed by atoms with Crippen LogP contribution in [0.3, 0.4) is 0 Å². The van der Waals surface area contributed by atoms with Gasteiger partial charge in [-0.1, -0.05) is 0 Å². The molecule has 0 saturated carbocycles. The predicted molar refractivity (Wildman–Crippen MR) is 33.9 cm³/mol. The van der Waals surface area contributed by atoms with Gasteiger partial charge in [0.05, 0.1) is 0 Å². The Labute approximate surface area is 54.4 Å². The molecule has 0 aromatic rings. The summed E-state index contributed by atoms with van der Waals surface area (Å²) in [5, 5.41) is -0.859. The molecule has 0 aromatic carbocycles. The molecule has 0 saturated heterocycles. The van der Waals surface area contributed by atoms with Gasteiger partial charge < -0.3 is 4.90 Å². The highest BCUT2D eigenvalue weighted by Crippen LogP contribution is 1.90. The van der Waals surface area contributed by atoms with Gasteiger partial charge in [-0.3, -0.25) is 4.79 Å². The van der Waals surface area contributed by atoms with Crippen LogP contribution in [0.2, 0.25) is 0 Å². The molecule has 0 aliphatic rings. The highest BCUT2D eigenvalue weighted by molar-refractivity contribution is 8.05. The molecule has 0 aliphatic heterocycles. The van der Waals surface area contributed by atoms with Gasteiger partial charge in [0.1, 0.15) is 0 Å². The molecule has 4 nitrogen and oxygen atoms in total. The van der Waals surface area contributed by atoms with Gasteiger partial charge in [0.2, 0.25) is 9.84 Å². The van der Waals surface area contributed by atoms with Crippen molar-refractivity contribution in [1.29, 1.82) is 0 Å². The van der Waals surface area contributed by atoms with Crippen molar-refractivity contribution in [3.05, 3.63) is 0 Å². The van der Waals surface area contributed by atoms with E-state index in [2.05, 4.69) is 0 Å². The summed E-state index contributed by atoms with van der Waals surface area (Å²) >= 11 is 0. The standard InChI is InChI=1S/C4H9NO3S/c1-5(2)4(6)9(3,7)8/h1-3H3. The zero-order valence-electron chi connectivity index (χ0n) is 5.58. The quantitative estimate of drug-likeness (QED) is 0.478. The lowest BCUT2D eigenvalue weighted by molar-refractivity contribution is 0.239. The van der Waals surface area contributed by atoms with Crippen molar-refractivity contribution in [2.24, 2.45) is 0 Å². The Kier molecular flexibility index (Phi) is 2.19. The van der Waals surface area contributed by atoms with Crippen LogP contribution in [0.15, 0.2) is 0 Å². The van der Waals surface area contributed by atoms with Crippen molar-refractivity contribution in [3.63, 3.8) is 0 Å². The number of hydrogen-bond acceptors (Lipinski definition) is 3. The van der Waals surface area contributed by atoms with Gasteiger partial charge in [-0.2, -0.15) is 0 Å². The summed E-state index contributed by atoms with van der Waals surface area (Å²) in [7, 11) is -0.731. The lowest BCUT2D eigenvalue weighted by Crippen LogP contribution is -2.27. The number of hydrogen-bond donors (Lipinski definition) is 0. The second-order valence-electron chi connectivity index (χ2n) is 1.93. The maximum Gasteiger partial charge on any atom is 0.338 e. The first-order valence-electron chi connectivity index (χ1n) is 2.27. The Morgan fingerprint density at radius 2 is 1.67 bits per heavy atom. The molecule has 0 N–H and O–H groups in total. The Morgan fingerprint density at radius 1 is 1.33 bits per heavy atom. The molecule has 0 atom stereocenters. The maximum absolute atomic E-state index is 10.5. The first-order valence-corrected chi connectivity index (χ1v) is 4.16. The molecule has 0 aliphatic carbocycles. The second kappa shape index (κ2) is 2.34. The fourth-order valence-corrected chi connectivity index (χ4v) is 0.995. The summed E-state index contributed by atoms with van der Waals surface area (Å²) in [4.78, 5) is 11.5. The minimum Gasteiger partial charge on any atom is -0.336 e. The van der Waals surface area contributed by atoms with Crippen molar-refractivity contribution in [2.45, 2.75) is 0 Å². The number of carbonyl (C=O) groups excluding carboxylic acids is 1. The summed E-state index contributed by atoms with van der Waals surface area (Å²) < 4.78 is 20.8. The third-order valence-electron chi connectivity index (χ3n) is 0.682.